The Morgan fingerprint density at radius 2 is 1.92 bits per heavy atom. The fourth-order valence-corrected chi connectivity index (χ4v) is 3.89. The van der Waals surface area contributed by atoms with Crippen LogP contribution in [-0.4, -0.2) is 15.6 Å². The molecule has 2 heterocycles. The second-order valence-electron chi connectivity index (χ2n) is 6.46. The Kier molecular flexibility index (Phi) is 2.86. The molecule has 2 aliphatic rings. The summed E-state index contributed by atoms with van der Waals surface area (Å²) in [6, 6.07) is 16.6. The molecule has 0 bridgehead atoms. The summed E-state index contributed by atoms with van der Waals surface area (Å²) in [6.07, 6.45) is 4.26. The van der Waals surface area contributed by atoms with Gasteiger partial charge in [-0.1, -0.05) is 36.4 Å². The van der Waals surface area contributed by atoms with Gasteiger partial charge in [0.2, 0.25) is 0 Å². The monoisotopic (exact) mass is 315 g/mol. The number of hydrogen-bond donors (Lipinski definition) is 1. The van der Waals surface area contributed by atoms with Crippen molar-refractivity contribution >= 4 is 22.4 Å². The van der Waals surface area contributed by atoms with Gasteiger partial charge in [-0.3, -0.25) is 4.79 Å². The maximum absolute atomic E-state index is 12.7. The van der Waals surface area contributed by atoms with E-state index >= 15 is 0 Å². The Morgan fingerprint density at radius 1 is 1.04 bits per heavy atom. The lowest BCUT2D eigenvalue weighted by atomic mass is 9.85. The summed E-state index contributed by atoms with van der Waals surface area (Å²) in [5.41, 5.74) is 3.06. The van der Waals surface area contributed by atoms with Gasteiger partial charge in [0.1, 0.15) is 11.9 Å². The first-order chi connectivity index (χ1) is 11.8. The third kappa shape index (κ3) is 1.92. The Hall–Kier alpha value is -2.88. The summed E-state index contributed by atoms with van der Waals surface area (Å²) in [4.78, 5) is 12.7. The van der Waals surface area contributed by atoms with Gasteiger partial charge in [0.05, 0.1) is 6.20 Å². The van der Waals surface area contributed by atoms with Gasteiger partial charge in [0.25, 0.3) is 0 Å². The van der Waals surface area contributed by atoms with Crippen molar-refractivity contribution in [3.63, 3.8) is 0 Å². The van der Waals surface area contributed by atoms with Crippen LogP contribution in [0.1, 0.15) is 30.9 Å². The molecule has 1 aliphatic carbocycles. The molecule has 0 spiro atoms. The number of carbonyl (C=O) groups is 1. The van der Waals surface area contributed by atoms with Crippen LogP contribution in [0.5, 0.6) is 0 Å². The molecule has 4 heteroatoms. The summed E-state index contributed by atoms with van der Waals surface area (Å²) in [7, 11) is 0. The molecule has 1 aliphatic heterocycles. The van der Waals surface area contributed by atoms with Crippen LogP contribution in [0.3, 0.4) is 0 Å². The first-order valence-corrected chi connectivity index (χ1v) is 8.37. The third-order valence-electron chi connectivity index (χ3n) is 5.01. The molecule has 1 unspecified atom stereocenters. The first-order valence-electron chi connectivity index (χ1n) is 8.37. The Balaban J connectivity index is 1.74. The van der Waals surface area contributed by atoms with Crippen LogP contribution in [0.25, 0.3) is 10.8 Å². The molecule has 118 valence electrons. The van der Waals surface area contributed by atoms with Gasteiger partial charge in [-0.2, -0.15) is 5.10 Å². The highest BCUT2D eigenvalue weighted by Crippen LogP contribution is 2.40. The smallest absolute Gasteiger partial charge is 0.163 e. The Bertz CT molecular complexity index is 999. The van der Waals surface area contributed by atoms with E-state index in [0.29, 0.717) is 6.42 Å². The van der Waals surface area contributed by atoms with Gasteiger partial charge in [-0.05, 0) is 35.2 Å². The predicted octanol–water partition coefficient (Wildman–Crippen LogP) is 4.06. The quantitative estimate of drug-likeness (QED) is 0.736. The molecule has 0 amide bonds. The molecular formula is C20H17N3O. The highest BCUT2D eigenvalue weighted by Gasteiger charge is 2.35. The standard InChI is InChI=1S/C20H17N3O/c24-17-7-3-6-16-19(17)20(23-18(22-16)10-11-21-23)15-9-8-13-4-1-2-5-14(13)12-15/h1-2,4-5,8-12,20,22H,3,6-7H2. The van der Waals surface area contributed by atoms with E-state index in [-0.39, 0.29) is 11.8 Å². The third-order valence-corrected chi connectivity index (χ3v) is 5.01. The summed E-state index contributed by atoms with van der Waals surface area (Å²) in [5, 5.41) is 10.3. The fraction of sp³-hybridized carbons (Fsp3) is 0.200. The van der Waals surface area contributed by atoms with Crippen molar-refractivity contribution in [3.8, 4) is 0 Å². The van der Waals surface area contributed by atoms with E-state index in [1.54, 1.807) is 6.20 Å². The molecule has 24 heavy (non-hydrogen) atoms. The predicted molar refractivity (Wildman–Crippen MR) is 93.8 cm³/mol. The highest BCUT2D eigenvalue weighted by atomic mass is 16.1. The van der Waals surface area contributed by atoms with E-state index < -0.39 is 0 Å². The van der Waals surface area contributed by atoms with Crippen LogP contribution < -0.4 is 5.32 Å². The largest absolute Gasteiger partial charge is 0.343 e. The number of carbonyl (C=O) groups excluding carboxylic acids is 1. The summed E-state index contributed by atoms with van der Waals surface area (Å²) in [5.74, 6) is 1.20. The zero-order chi connectivity index (χ0) is 16.1. The zero-order valence-electron chi connectivity index (χ0n) is 13.2. The first kappa shape index (κ1) is 13.5. The lowest BCUT2D eigenvalue weighted by molar-refractivity contribution is -0.116. The second kappa shape index (κ2) is 5.06. The maximum Gasteiger partial charge on any atom is 0.163 e. The number of Topliss-reactive ketones (excluding diaryl/α,β-unsaturated/α-hetero) is 1. The minimum absolute atomic E-state index is 0.136. The molecule has 0 fully saturated rings. The number of nitrogens with one attached hydrogen (secondary N) is 1. The molecule has 4 nitrogen and oxygen atoms in total. The maximum atomic E-state index is 12.7. The molecule has 5 rings (SSSR count). The molecule has 2 aromatic carbocycles. The lowest BCUT2D eigenvalue weighted by Gasteiger charge is -2.33. The van der Waals surface area contributed by atoms with Crippen molar-refractivity contribution in [2.45, 2.75) is 25.3 Å². The molecule has 0 saturated carbocycles. The Morgan fingerprint density at radius 3 is 2.83 bits per heavy atom. The van der Waals surface area contributed by atoms with E-state index in [2.05, 4.69) is 40.7 Å². The number of ketones is 1. The number of nitrogens with zero attached hydrogens (tertiary/aromatic N) is 2. The molecule has 3 aromatic rings. The molecule has 0 radical (unpaired) electrons. The summed E-state index contributed by atoms with van der Waals surface area (Å²) >= 11 is 0. The van der Waals surface area contributed by atoms with Crippen LogP contribution in [0, 0.1) is 0 Å². The van der Waals surface area contributed by atoms with Crippen molar-refractivity contribution in [2.24, 2.45) is 0 Å². The number of allylic oxidation sites excluding steroid dienone is 2. The number of fused-ring (bicyclic) bond motifs is 2. The van der Waals surface area contributed by atoms with E-state index in [4.69, 9.17) is 0 Å². The van der Waals surface area contributed by atoms with E-state index in [0.717, 1.165) is 35.5 Å². The van der Waals surface area contributed by atoms with Crippen LogP contribution in [0.15, 0.2) is 66.0 Å². The van der Waals surface area contributed by atoms with E-state index in [1.165, 1.54) is 10.8 Å². The van der Waals surface area contributed by atoms with Crippen molar-refractivity contribution < 1.29 is 4.79 Å². The molecule has 0 saturated heterocycles. The molecule has 1 aromatic heterocycles. The number of rotatable bonds is 1. The van der Waals surface area contributed by atoms with Crippen LogP contribution in [0.2, 0.25) is 0 Å². The van der Waals surface area contributed by atoms with Gasteiger partial charge in [-0.15, -0.1) is 0 Å². The van der Waals surface area contributed by atoms with Gasteiger partial charge in [-0.25, -0.2) is 4.68 Å². The Labute approximate surface area is 139 Å². The lowest BCUT2D eigenvalue weighted by Crippen LogP contribution is -2.31. The molecule has 1 N–H and O–H groups in total. The SMILES string of the molecule is O=C1CCCC2=C1C(c1ccc3ccccc3c1)n1nccc1N2. The molecular weight excluding hydrogens is 298 g/mol. The fourth-order valence-electron chi connectivity index (χ4n) is 3.89. The second-order valence-corrected chi connectivity index (χ2v) is 6.46. The van der Waals surface area contributed by atoms with Gasteiger partial charge in [0.15, 0.2) is 5.78 Å². The van der Waals surface area contributed by atoms with E-state index in [9.17, 15) is 4.79 Å². The minimum Gasteiger partial charge on any atom is -0.343 e. The van der Waals surface area contributed by atoms with Gasteiger partial charge < -0.3 is 5.32 Å². The normalized spacial score (nSPS) is 19.8. The number of anilines is 1. The zero-order valence-corrected chi connectivity index (χ0v) is 13.2. The molecule has 1 atom stereocenters. The average molecular weight is 315 g/mol. The topological polar surface area (TPSA) is 46.9 Å². The van der Waals surface area contributed by atoms with Gasteiger partial charge in [0, 0.05) is 23.8 Å². The minimum atomic E-state index is -0.136. The number of benzene rings is 2. The highest BCUT2D eigenvalue weighted by molar-refractivity contribution is 5.99. The van der Waals surface area contributed by atoms with Crippen molar-refractivity contribution in [3.05, 3.63) is 71.6 Å². The van der Waals surface area contributed by atoms with Crippen molar-refractivity contribution in [1.82, 2.24) is 9.78 Å². The number of aromatic nitrogens is 2. The van der Waals surface area contributed by atoms with Crippen molar-refractivity contribution in [2.75, 3.05) is 5.32 Å². The summed E-state index contributed by atoms with van der Waals surface area (Å²) in [6.45, 7) is 0. The van der Waals surface area contributed by atoms with Crippen LogP contribution in [-0.2, 0) is 4.79 Å². The number of hydrogen-bond acceptors (Lipinski definition) is 3. The average Bonchev–Trinajstić information content (AvgIpc) is 3.08. The summed E-state index contributed by atoms with van der Waals surface area (Å²) < 4.78 is 1.94. The van der Waals surface area contributed by atoms with Crippen LogP contribution >= 0.6 is 0 Å². The van der Waals surface area contributed by atoms with Crippen LogP contribution in [0.4, 0.5) is 5.82 Å². The van der Waals surface area contributed by atoms with Crippen molar-refractivity contribution in [1.29, 1.82) is 0 Å². The van der Waals surface area contributed by atoms with E-state index in [1.807, 2.05) is 22.9 Å². The van der Waals surface area contributed by atoms with Gasteiger partial charge >= 0.3 is 0 Å².